The second-order valence-electron chi connectivity index (χ2n) is 8.79. The van der Waals surface area contributed by atoms with E-state index in [1.54, 1.807) is 12.1 Å². The summed E-state index contributed by atoms with van der Waals surface area (Å²) in [6.07, 6.45) is 5.65. The topological polar surface area (TPSA) is 80.0 Å². The molecule has 1 aromatic heterocycles. The summed E-state index contributed by atoms with van der Waals surface area (Å²) < 4.78 is 15.1. The van der Waals surface area contributed by atoms with Crippen LogP contribution in [-0.2, 0) is 22.7 Å². The second-order valence-corrected chi connectivity index (χ2v) is 8.79. The molecule has 0 spiro atoms. The Morgan fingerprint density at radius 2 is 2.06 bits per heavy atom. The minimum Gasteiger partial charge on any atom is -0.481 e. The lowest BCUT2D eigenvalue weighted by Gasteiger charge is -2.39. The average molecular weight is 441 g/mol. The minimum atomic E-state index is -0.822. The van der Waals surface area contributed by atoms with Crippen molar-refractivity contribution in [3.8, 4) is 0 Å². The summed E-state index contributed by atoms with van der Waals surface area (Å²) in [5, 5.41) is 18.7. The van der Waals surface area contributed by atoms with Crippen molar-refractivity contribution in [2.24, 2.45) is 10.6 Å². The van der Waals surface area contributed by atoms with Gasteiger partial charge in [0.15, 0.2) is 0 Å². The Balaban J connectivity index is 1.35. The Kier molecular flexibility index (Phi) is 6.41. The number of oxime groups is 1. The van der Waals surface area contributed by atoms with Crippen LogP contribution in [0.4, 0.5) is 4.39 Å². The number of carboxylic acid groups (broad SMARTS) is 1. The minimum absolute atomic E-state index is 0.280. The zero-order valence-corrected chi connectivity index (χ0v) is 18.3. The molecule has 8 heteroatoms. The molecule has 1 aromatic carbocycles. The van der Waals surface area contributed by atoms with Crippen LogP contribution in [0.1, 0.15) is 42.5 Å². The maximum absolute atomic E-state index is 13.2. The Labute approximate surface area is 187 Å². The fourth-order valence-electron chi connectivity index (χ4n) is 4.61. The Morgan fingerprint density at radius 3 is 2.72 bits per heavy atom. The van der Waals surface area contributed by atoms with E-state index in [9.17, 15) is 14.3 Å². The molecule has 2 aliphatic heterocycles. The van der Waals surface area contributed by atoms with Crippen molar-refractivity contribution >= 4 is 11.7 Å². The number of halogens is 1. The van der Waals surface area contributed by atoms with Gasteiger partial charge in [-0.05, 0) is 50.6 Å². The first kappa shape index (κ1) is 22.2. The maximum atomic E-state index is 13.2. The zero-order chi connectivity index (χ0) is 22.7. The number of likely N-dealkylation sites (tertiary alicyclic amines) is 1. The summed E-state index contributed by atoms with van der Waals surface area (Å²) in [6, 6.07) is 6.13. The van der Waals surface area contributed by atoms with E-state index in [-0.39, 0.29) is 11.9 Å². The van der Waals surface area contributed by atoms with Crippen molar-refractivity contribution in [3.05, 3.63) is 65.8 Å². The molecule has 0 amide bonds. The Morgan fingerprint density at radius 1 is 1.34 bits per heavy atom. The normalized spacial score (nSPS) is 20.6. The van der Waals surface area contributed by atoms with Crippen LogP contribution in [0.25, 0.3) is 0 Å². The predicted octanol–water partition coefficient (Wildman–Crippen LogP) is 3.77. The largest absolute Gasteiger partial charge is 0.481 e. The maximum Gasteiger partial charge on any atom is 0.309 e. The number of benzene rings is 1. The van der Waals surface area contributed by atoms with Gasteiger partial charge in [0.05, 0.1) is 23.4 Å². The Hall–Kier alpha value is -3.00. The molecule has 1 fully saturated rings. The van der Waals surface area contributed by atoms with Gasteiger partial charge in [0.1, 0.15) is 11.9 Å². The highest BCUT2D eigenvalue weighted by Crippen LogP contribution is 2.39. The molecule has 1 atom stereocenters. The number of hydrogen-bond acceptors (Lipinski definition) is 5. The van der Waals surface area contributed by atoms with Crippen LogP contribution in [0.2, 0.25) is 0 Å². The molecule has 1 N–H and O–H groups in total. The molecule has 0 aliphatic carbocycles. The number of aryl methyl sites for hydroxylation is 1. The molecule has 0 radical (unpaired) electrons. The summed E-state index contributed by atoms with van der Waals surface area (Å²) in [4.78, 5) is 20.2. The van der Waals surface area contributed by atoms with Crippen molar-refractivity contribution in [1.29, 1.82) is 0 Å². The van der Waals surface area contributed by atoms with Crippen LogP contribution in [0.15, 0.2) is 48.3 Å². The number of piperidine rings is 1. The molecular formula is C24H29FN4O3. The van der Waals surface area contributed by atoms with Gasteiger partial charge in [-0.1, -0.05) is 23.4 Å². The molecule has 2 aromatic rings. The van der Waals surface area contributed by atoms with Crippen LogP contribution in [0.3, 0.4) is 0 Å². The first-order chi connectivity index (χ1) is 15.4. The highest BCUT2D eigenvalue weighted by molar-refractivity contribution is 6.01. The number of allylic oxidation sites excluding steroid dienone is 1. The van der Waals surface area contributed by atoms with Crippen LogP contribution >= 0.6 is 0 Å². The van der Waals surface area contributed by atoms with Crippen LogP contribution in [-0.4, -0.2) is 50.7 Å². The van der Waals surface area contributed by atoms with Gasteiger partial charge in [0.2, 0.25) is 0 Å². The molecule has 32 heavy (non-hydrogen) atoms. The van der Waals surface area contributed by atoms with E-state index in [0.29, 0.717) is 45.3 Å². The molecule has 170 valence electrons. The fraction of sp³-hybridized carbons (Fsp3) is 0.458. The summed E-state index contributed by atoms with van der Waals surface area (Å²) in [5.41, 5.74) is 2.87. The SMILES string of the molecule is C=CCn1cc(CN2CCC(C[C@H]3CC(c4ccc(F)cc4)=NO3)(C(=O)O)CC2)c(C)n1. The molecule has 3 heterocycles. The van der Waals surface area contributed by atoms with Crippen LogP contribution < -0.4 is 0 Å². The molecule has 7 nitrogen and oxygen atoms in total. The number of aromatic nitrogens is 2. The van der Waals surface area contributed by atoms with E-state index in [1.807, 2.05) is 23.9 Å². The van der Waals surface area contributed by atoms with Gasteiger partial charge < -0.3 is 9.94 Å². The highest BCUT2D eigenvalue weighted by atomic mass is 19.1. The van der Waals surface area contributed by atoms with Crippen LogP contribution in [0, 0.1) is 18.2 Å². The standard InChI is InChI=1S/C24H29FN4O3/c1-3-10-29-16-19(17(2)26-29)15-28-11-8-24(9-12-28,23(30)31)14-21-13-22(27-32-21)18-4-6-20(25)7-5-18/h3-7,16,21H,1,8-15H2,2H3,(H,30,31)/t21-/m1/s1. The van der Waals surface area contributed by atoms with Gasteiger partial charge in [0.25, 0.3) is 0 Å². The third-order valence-corrected chi connectivity index (χ3v) is 6.55. The lowest BCUT2D eigenvalue weighted by atomic mass is 9.73. The number of carbonyl (C=O) groups is 1. The molecule has 1 saturated heterocycles. The monoisotopic (exact) mass is 440 g/mol. The molecule has 0 unspecified atom stereocenters. The number of aliphatic carboxylic acids is 1. The van der Waals surface area contributed by atoms with E-state index < -0.39 is 11.4 Å². The molecule has 0 saturated carbocycles. The van der Waals surface area contributed by atoms with Gasteiger partial charge >= 0.3 is 5.97 Å². The molecular weight excluding hydrogens is 411 g/mol. The zero-order valence-electron chi connectivity index (χ0n) is 18.3. The summed E-state index contributed by atoms with van der Waals surface area (Å²) in [7, 11) is 0. The quantitative estimate of drug-likeness (QED) is 0.632. The van der Waals surface area contributed by atoms with Gasteiger partial charge in [-0.2, -0.15) is 5.10 Å². The molecule has 2 aliphatic rings. The van der Waals surface area contributed by atoms with Crippen molar-refractivity contribution in [2.45, 2.75) is 51.8 Å². The smallest absolute Gasteiger partial charge is 0.309 e. The van der Waals surface area contributed by atoms with Gasteiger partial charge in [0, 0.05) is 31.1 Å². The summed E-state index contributed by atoms with van der Waals surface area (Å²) in [5.74, 6) is -1.07. The summed E-state index contributed by atoms with van der Waals surface area (Å²) in [6.45, 7) is 8.59. The lowest BCUT2D eigenvalue weighted by molar-refractivity contribution is -0.155. The first-order valence-electron chi connectivity index (χ1n) is 11.0. The number of carboxylic acids is 1. The highest BCUT2D eigenvalue weighted by Gasteiger charge is 2.45. The fourth-order valence-corrected chi connectivity index (χ4v) is 4.61. The number of nitrogens with zero attached hydrogens (tertiary/aromatic N) is 4. The van der Waals surface area contributed by atoms with Crippen molar-refractivity contribution in [1.82, 2.24) is 14.7 Å². The van der Waals surface area contributed by atoms with Crippen molar-refractivity contribution in [3.63, 3.8) is 0 Å². The number of hydrogen-bond donors (Lipinski definition) is 1. The van der Waals surface area contributed by atoms with E-state index in [0.717, 1.165) is 29.1 Å². The third-order valence-electron chi connectivity index (χ3n) is 6.55. The van der Waals surface area contributed by atoms with E-state index in [1.165, 1.54) is 12.1 Å². The van der Waals surface area contributed by atoms with Crippen molar-refractivity contribution < 1.29 is 19.1 Å². The molecule has 4 rings (SSSR count). The van der Waals surface area contributed by atoms with E-state index >= 15 is 0 Å². The van der Waals surface area contributed by atoms with Gasteiger partial charge in [-0.3, -0.25) is 14.4 Å². The number of rotatable bonds is 8. The average Bonchev–Trinajstić information content (AvgIpc) is 3.37. The lowest BCUT2D eigenvalue weighted by Crippen LogP contribution is -2.45. The van der Waals surface area contributed by atoms with Crippen molar-refractivity contribution in [2.75, 3.05) is 13.1 Å². The Bertz CT molecular complexity index is 1010. The molecule has 0 bridgehead atoms. The summed E-state index contributed by atoms with van der Waals surface area (Å²) >= 11 is 0. The van der Waals surface area contributed by atoms with E-state index in [2.05, 4.69) is 21.7 Å². The third kappa shape index (κ3) is 4.75. The second kappa shape index (κ2) is 9.24. The predicted molar refractivity (Wildman–Crippen MR) is 119 cm³/mol. The first-order valence-corrected chi connectivity index (χ1v) is 11.0. The van der Waals surface area contributed by atoms with Gasteiger partial charge in [-0.25, -0.2) is 4.39 Å². The van der Waals surface area contributed by atoms with Crippen LogP contribution in [0.5, 0.6) is 0 Å². The van der Waals surface area contributed by atoms with Gasteiger partial charge in [-0.15, -0.1) is 6.58 Å². The van der Waals surface area contributed by atoms with E-state index in [4.69, 9.17) is 4.84 Å².